The lowest BCUT2D eigenvalue weighted by Gasteiger charge is -2.12. The van der Waals surface area contributed by atoms with Crippen molar-refractivity contribution >= 4 is 16.0 Å². The quantitative estimate of drug-likeness (QED) is 0.786. The van der Waals surface area contributed by atoms with Crippen molar-refractivity contribution in [1.82, 2.24) is 14.3 Å². The Labute approximate surface area is 111 Å². The molecule has 1 aromatic heterocycles. The largest absolute Gasteiger partial charge is 0.480 e. The van der Waals surface area contributed by atoms with Crippen molar-refractivity contribution in [3.8, 4) is 0 Å². The van der Waals surface area contributed by atoms with Crippen LogP contribution in [0.2, 0.25) is 0 Å². The maximum absolute atomic E-state index is 12.1. The number of sulfonamides is 1. The average Bonchev–Trinajstić information content (AvgIpc) is 3.08. The van der Waals surface area contributed by atoms with E-state index >= 15 is 0 Å². The summed E-state index contributed by atoms with van der Waals surface area (Å²) in [6.07, 6.45) is 2.90. The molecule has 7 nitrogen and oxygen atoms in total. The standard InChI is InChI=1S/C11H17N3O4S/c1-3-14-6-9(12-7(14)2)19(17,18)13-10(11(15)16)8-4-5-8/h6,8,10,13H,3-5H2,1-2H3,(H,15,16). The number of carboxylic acids is 1. The summed E-state index contributed by atoms with van der Waals surface area (Å²) in [7, 11) is -3.88. The fraction of sp³-hybridized carbons (Fsp3) is 0.636. The SMILES string of the molecule is CCn1cc(S(=O)(=O)NC(C(=O)O)C2CC2)nc1C. The normalized spacial score (nSPS) is 17.4. The molecule has 1 aliphatic rings. The van der Waals surface area contributed by atoms with Crippen LogP contribution in [-0.2, 0) is 21.4 Å². The number of nitrogens with zero attached hydrogens (tertiary/aromatic N) is 2. The van der Waals surface area contributed by atoms with Gasteiger partial charge in [0, 0.05) is 12.7 Å². The van der Waals surface area contributed by atoms with Crippen molar-refractivity contribution < 1.29 is 18.3 Å². The zero-order valence-electron chi connectivity index (χ0n) is 10.8. The highest BCUT2D eigenvalue weighted by Gasteiger charge is 2.39. The Balaban J connectivity index is 2.23. The van der Waals surface area contributed by atoms with Gasteiger partial charge in [-0.05, 0) is 32.6 Å². The maximum atomic E-state index is 12.1. The molecule has 1 saturated carbocycles. The van der Waals surface area contributed by atoms with Gasteiger partial charge in [-0.15, -0.1) is 0 Å². The van der Waals surface area contributed by atoms with Crippen molar-refractivity contribution in [3.63, 3.8) is 0 Å². The van der Waals surface area contributed by atoms with E-state index in [1.807, 2.05) is 6.92 Å². The molecule has 1 unspecified atom stereocenters. The molecule has 1 aliphatic carbocycles. The second kappa shape index (κ2) is 4.93. The van der Waals surface area contributed by atoms with Gasteiger partial charge < -0.3 is 9.67 Å². The van der Waals surface area contributed by atoms with Gasteiger partial charge in [0.2, 0.25) is 0 Å². The summed E-state index contributed by atoms with van der Waals surface area (Å²) in [6.45, 7) is 4.19. The number of hydrogen-bond donors (Lipinski definition) is 2. The molecule has 0 aromatic carbocycles. The Morgan fingerprint density at radius 2 is 2.26 bits per heavy atom. The molecule has 0 saturated heterocycles. The van der Waals surface area contributed by atoms with Crippen LogP contribution in [0.3, 0.4) is 0 Å². The van der Waals surface area contributed by atoms with Crippen LogP contribution < -0.4 is 4.72 Å². The zero-order chi connectivity index (χ0) is 14.2. The number of aryl methyl sites for hydroxylation is 2. The van der Waals surface area contributed by atoms with Crippen molar-refractivity contribution in [2.24, 2.45) is 5.92 Å². The van der Waals surface area contributed by atoms with Crippen molar-refractivity contribution in [1.29, 1.82) is 0 Å². The number of aliphatic carboxylic acids is 1. The highest BCUT2D eigenvalue weighted by atomic mass is 32.2. The summed E-state index contributed by atoms with van der Waals surface area (Å²) in [5.74, 6) is -0.666. The van der Waals surface area contributed by atoms with Gasteiger partial charge >= 0.3 is 5.97 Å². The van der Waals surface area contributed by atoms with Crippen LogP contribution in [0.25, 0.3) is 0 Å². The van der Waals surface area contributed by atoms with Crippen LogP contribution in [0.4, 0.5) is 0 Å². The molecule has 0 amide bonds. The van der Waals surface area contributed by atoms with Crippen LogP contribution in [0.1, 0.15) is 25.6 Å². The monoisotopic (exact) mass is 287 g/mol. The van der Waals surface area contributed by atoms with Crippen LogP contribution in [-0.4, -0.2) is 35.1 Å². The van der Waals surface area contributed by atoms with E-state index in [0.29, 0.717) is 12.4 Å². The Morgan fingerprint density at radius 3 is 2.68 bits per heavy atom. The van der Waals surface area contributed by atoms with E-state index in [1.54, 1.807) is 11.5 Å². The summed E-state index contributed by atoms with van der Waals surface area (Å²) in [5.41, 5.74) is 0. The first kappa shape index (κ1) is 14.0. The van der Waals surface area contributed by atoms with Crippen molar-refractivity contribution in [2.45, 2.75) is 44.3 Å². The van der Waals surface area contributed by atoms with Crippen LogP contribution >= 0.6 is 0 Å². The summed E-state index contributed by atoms with van der Waals surface area (Å²) in [6, 6.07) is -1.06. The van der Waals surface area contributed by atoms with E-state index < -0.39 is 22.0 Å². The Hall–Kier alpha value is -1.41. The third kappa shape index (κ3) is 2.95. The predicted molar refractivity (Wildman–Crippen MR) is 67.1 cm³/mol. The molecule has 0 spiro atoms. The molecule has 8 heteroatoms. The van der Waals surface area contributed by atoms with Gasteiger partial charge in [0.15, 0.2) is 5.03 Å². The first-order valence-electron chi connectivity index (χ1n) is 6.14. The van der Waals surface area contributed by atoms with E-state index in [4.69, 9.17) is 5.11 Å². The zero-order valence-corrected chi connectivity index (χ0v) is 11.6. The minimum Gasteiger partial charge on any atom is -0.480 e. The van der Waals surface area contributed by atoms with Crippen LogP contribution in [0, 0.1) is 12.8 Å². The lowest BCUT2D eigenvalue weighted by Crippen LogP contribution is -2.42. The molecule has 0 aliphatic heterocycles. The van der Waals surface area contributed by atoms with Gasteiger partial charge in [-0.25, -0.2) is 13.4 Å². The second-order valence-corrected chi connectivity index (χ2v) is 6.35. The Bertz CT molecular complexity index is 589. The number of rotatable bonds is 6. The number of imidazole rings is 1. The molecular formula is C11H17N3O4S. The van der Waals surface area contributed by atoms with Crippen LogP contribution in [0.5, 0.6) is 0 Å². The third-order valence-corrected chi connectivity index (χ3v) is 4.52. The first-order chi connectivity index (χ1) is 8.85. The third-order valence-electron chi connectivity index (χ3n) is 3.21. The molecule has 19 heavy (non-hydrogen) atoms. The molecule has 1 atom stereocenters. The minimum atomic E-state index is -3.88. The number of hydrogen-bond acceptors (Lipinski definition) is 4. The van der Waals surface area contributed by atoms with Gasteiger partial charge in [-0.3, -0.25) is 4.79 Å². The molecule has 0 bridgehead atoms. The summed E-state index contributed by atoms with van der Waals surface area (Å²) in [4.78, 5) is 15.0. The van der Waals surface area contributed by atoms with Crippen molar-refractivity contribution in [2.75, 3.05) is 0 Å². The van der Waals surface area contributed by atoms with E-state index in [1.165, 1.54) is 6.20 Å². The van der Waals surface area contributed by atoms with E-state index in [9.17, 15) is 13.2 Å². The molecule has 1 aromatic rings. The Morgan fingerprint density at radius 1 is 1.63 bits per heavy atom. The van der Waals surface area contributed by atoms with Crippen molar-refractivity contribution in [3.05, 3.63) is 12.0 Å². The summed E-state index contributed by atoms with van der Waals surface area (Å²) in [5, 5.41) is 8.92. The number of carbonyl (C=O) groups is 1. The highest BCUT2D eigenvalue weighted by molar-refractivity contribution is 7.89. The van der Waals surface area contributed by atoms with Gasteiger partial charge in [0.25, 0.3) is 10.0 Å². The molecule has 2 rings (SSSR count). The molecule has 106 valence electrons. The lowest BCUT2D eigenvalue weighted by atomic mass is 10.2. The van der Waals surface area contributed by atoms with E-state index in [-0.39, 0.29) is 10.9 Å². The predicted octanol–water partition coefficient (Wildman–Crippen LogP) is 0.353. The molecular weight excluding hydrogens is 270 g/mol. The van der Waals surface area contributed by atoms with Gasteiger partial charge in [0.1, 0.15) is 11.9 Å². The smallest absolute Gasteiger partial charge is 0.322 e. The number of carboxylic acid groups (broad SMARTS) is 1. The maximum Gasteiger partial charge on any atom is 0.322 e. The minimum absolute atomic E-state index is 0.110. The number of nitrogens with one attached hydrogen (secondary N) is 1. The van der Waals surface area contributed by atoms with Crippen LogP contribution in [0.15, 0.2) is 11.2 Å². The second-order valence-electron chi connectivity index (χ2n) is 4.69. The molecule has 1 fully saturated rings. The van der Waals surface area contributed by atoms with E-state index in [2.05, 4.69) is 9.71 Å². The Kier molecular flexibility index (Phi) is 3.64. The fourth-order valence-corrected chi connectivity index (χ4v) is 3.20. The first-order valence-corrected chi connectivity index (χ1v) is 7.62. The lowest BCUT2D eigenvalue weighted by molar-refractivity contribution is -0.139. The molecule has 2 N–H and O–H groups in total. The highest BCUT2D eigenvalue weighted by Crippen LogP contribution is 2.33. The summed E-state index contributed by atoms with van der Waals surface area (Å²) < 4.78 is 28.1. The molecule has 1 heterocycles. The van der Waals surface area contributed by atoms with Gasteiger partial charge in [0.05, 0.1) is 0 Å². The number of aromatic nitrogens is 2. The van der Waals surface area contributed by atoms with Gasteiger partial charge in [-0.2, -0.15) is 4.72 Å². The summed E-state index contributed by atoms with van der Waals surface area (Å²) >= 11 is 0. The van der Waals surface area contributed by atoms with Gasteiger partial charge in [-0.1, -0.05) is 0 Å². The molecule has 0 radical (unpaired) electrons. The topological polar surface area (TPSA) is 101 Å². The fourth-order valence-electron chi connectivity index (χ4n) is 1.93. The average molecular weight is 287 g/mol. The van der Waals surface area contributed by atoms with E-state index in [0.717, 1.165) is 12.8 Å².